The number of aliphatic hydroxyl groups is 1. The Morgan fingerprint density at radius 3 is 2.66 bits per heavy atom. The number of urea groups is 1. The maximum absolute atomic E-state index is 13.3. The number of pyridine rings is 1. The van der Waals surface area contributed by atoms with Gasteiger partial charge in [-0.2, -0.15) is 5.10 Å². The van der Waals surface area contributed by atoms with Crippen LogP contribution >= 0.6 is 0 Å². The summed E-state index contributed by atoms with van der Waals surface area (Å²) in [5.74, 6) is 1.70. The van der Waals surface area contributed by atoms with Crippen molar-refractivity contribution in [2.75, 3.05) is 25.6 Å². The standard InChI is InChI=1S/C31H40N10O3/c1-31(2,3)26(32)16-27(34-20-17-33-40(18-20)14-15-42)36-29(43)35-24-11-12-25(23-9-7-6-8-22(23)24)44-21-10-13-28-37-38-30(39(4)5)41(28)19-21/h6-10,13,16-19,24-25,42H,11-12,14-15,32H2,1-5H3,(H2,34,35,36,43). The molecule has 1 aliphatic carbocycles. The van der Waals surface area contributed by atoms with Crippen molar-refractivity contribution in [1.82, 2.24) is 35.0 Å². The van der Waals surface area contributed by atoms with Gasteiger partial charge in [0, 0.05) is 31.3 Å². The largest absolute Gasteiger partial charge is 0.484 e. The van der Waals surface area contributed by atoms with Crippen molar-refractivity contribution in [1.29, 1.82) is 0 Å². The van der Waals surface area contributed by atoms with Crippen LogP contribution in [0.25, 0.3) is 5.65 Å². The van der Waals surface area contributed by atoms with Gasteiger partial charge in [0.05, 0.1) is 37.8 Å². The molecule has 13 nitrogen and oxygen atoms in total. The molecule has 3 aromatic heterocycles. The number of fused-ring (bicyclic) bond motifs is 2. The average Bonchev–Trinajstić information content (AvgIpc) is 3.60. The average molecular weight is 601 g/mol. The number of amides is 2. The van der Waals surface area contributed by atoms with Gasteiger partial charge in [0.2, 0.25) is 5.95 Å². The molecule has 44 heavy (non-hydrogen) atoms. The summed E-state index contributed by atoms with van der Waals surface area (Å²) in [6.45, 7) is 6.26. The van der Waals surface area contributed by atoms with E-state index >= 15 is 0 Å². The van der Waals surface area contributed by atoms with Crippen molar-refractivity contribution in [2.45, 2.75) is 52.3 Å². The number of anilines is 1. The molecule has 0 aliphatic heterocycles. The van der Waals surface area contributed by atoms with Crippen molar-refractivity contribution in [3.05, 3.63) is 77.9 Å². The van der Waals surface area contributed by atoms with Crippen molar-refractivity contribution in [3.63, 3.8) is 0 Å². The number of aliphatic imine (C=N–C) groups is 1. The zero-order chi connectivity index (χ0) is 31.4. The molecule has 232 valence electrons. The molecular formula is C31H40N10O3. The van der Waals surface area contributed by atoms with E-state index < -0.39 is 6.03 Å². The van der Waals surface area contributed by atoms with Crippen LogP contribution in [0.3, 0.4) is 0 Å². The number of carbonyl (C=O) groups is 1. The molecule has 4 aromatic rings. The summed E-state index contributed by atoms with van der Waals surface area (Å²) in [7, 11) is 3.84. The minimum Gasteiger partial charge on any atom is -0.484 e. The second-order valence-corrected chi connectivity index (χ2v) is 12.0. The number of allylic oxidation sites excluding steroid dienone is 1. The van der Waals surface area contributed by atoms with Crippen LogP contribution in [0.1, 0.15) is 56.9 Å². The van der Waals surface area contributed by atoms with Gasteiger partial charge in [0.15, 0.2) is 5.65 Å². The number of nitrogens with zero attached hydrogens (tertiary/aromatic N) is 7. The van der Waals surface area contributed by atoms with E-state index in [1.54, 1.807) is 23.2 Å². The van der Waals surface area contributed by atoms with E-state index in [2.05, 4.69) is 30.9 Å². The predicted octanol–water partition coefficient (Wildman–Crippen LogP) is 3.86. The number of hydrogen-bond donors (Lipinski definition) is 4. The summed E-state index contributed by atoms with van der Waals surface area (Å²) in [5.41, 5.74) is 9.84. The Labute approximate surface area is 256 Å². The first-order valence-electron chi connectivity index (χ1n) is 14.6. The summed E-state index contributed by atoms with van der Waals surface area (Å²) < 4.78 is 9.96. The van der Waals surface area contributed by atoms with Crippen LogP contribution in [-0.4, -0.2) is 62.1 Å². The molecule has 0 spiro atoms. The van der Waals surface area contributed by atoms with Gasteiger partial charge in [-0.3, -0.25) is 14.4 Å². The van der Waals surface area contributed by atoms with Crippen LogP contribution in [0, 0.1) is 5.41 Å². The fourth-order valence-electron chi connectivity index (χ4n) is 4.97. The number of amidine groups is 1. The highest BCUT2D eigenvalue weighted by atomic mass is 16.5. The zero-order valence-electron chi connectivity index (χ0n) is 25.7. The van der Waals surface area contributed by atoms with Crippen LogP contribution in [0.4, 0.5) is 16.4 Å². The molecule has 0 fully saturated rings. The number of ether oxygens (including phenoxy) is 1. The van der Waals surface area contributed by atoms with E-state index in [1.165, 1.54) is 0 Å². The van der Waals surface area contributed by atoms with E-state index in [9.17, 15) is 9.90 Å². The van der Waals surface area contributed by atoms with Crippen molar-refractivity contribution < 1.29 is 14.6 Å². The van der Waals surface area contributed by atoms with E-state index in [4.69, 9.17) is 10.5 Å². The first kappa shape index (κ1) is 30.5. The second kappa shape index (κ2) is 12.8. The molecule has 0 saturated heterocycles. The fraction of sp³-hybridized carbons (Fsp3) is 0.387. The van der Waals surface area contributed by atoms with Gasteiger partial charge in [-0.05, 0) is 36.1 Å². The van der Waals surface area contributed by atoms with Crippen LogP contribution in [0.5, 0.6) is 5.75 Å². The number of benzene rings is 1. The quantitative estimate of drug-likeness (QED) is 0.175. The van der Waals surface area contributed by atoms with E-state index in [-0.39, 0.29) is 30.0 Å². The molecule has 5 rings (SSSR count). The number of nitrogens with two attached hydrogens (primary N) is 1. The van der Waals surface area contributed by atoms with E-state index in [0.29, 0.717) is 42.5 Å². The topological polar surface area (TPSA) is 160 Å². The van der Waals surface area contributed by atoms with Gasteiger partial charge in [-0.1, -0.05) is 45.0 Å². The third-order valence-corrected chi connectivity index (χ3v) is 7.37. The molecule has 2 unspecified atom stereocenters. The maximum atomic E-state index is 13.3. The molecule has 2 amide bonds. The highest BCUT2D eigenvalue weighted by Gasteiger charge is 2.30. The number of carbonyl (C=O) groups excluding carboxylic acids is 1. The van der Waals surface area contributed by atoms with Crippen LogP contribution < -0.4 is 26.0 Å². The third-order valence-electron chi connectivity index (χ3n) is 7.37. The summed E-state index contributed by atoms with van der Waals surface area (Å²) >= 11 is 0. The minimum absolute atomic E-state index is 0.0430. The number of aromatic nitrogens is 5. The van der Waals surface area contributed by atoms with Gasteiger partial charge in [0.25, 0.3) is 0 Å². The Bertz CT molecular complexity index is 1680. The second-order valence-electron chi connectivity index (χ2n) is 12.0. The van der Waals surface area contributed by atoms with Gasteiger partial charge in [-0.25, -0.2) is 9.79 Å². The van der Waals surface area contributed by atoms with Gasteiger partial charge < -0.3 is 25.8 Å². The minimum atomic E-state index is -0.405. The monoisotopic (exact) mass is 600 g/mol. The lowest BCUT2D eigenvalue weighted by Crippen LogP contribution is -2.42. The van der Waals surface area contributed by atoms with E-state index in [1.807, 2.05) is 86.8 Å². The molecule has 1 aromatic carbocycles. The first-order valence-corrected chi connectivity index (χ1v) is 14.6. The summed E-state index contributed by atoms with van der Waals surface area (Å²) in [5, 5.41) is 27.9. The molecule has 5 N–H and O–H groups in total. The normalized spacial score (nSPS) is 17.3. The van der Waals surface area contributed by atoms with Gasteiger partial charge >= 0.3 is 6.03 Å². The lowest BCUT2D eigenvalue weighted by molar-refractivity contribution is 0.171. The number of nitrogens with one attached hydrogen (secondary N) is 2. The first-order chi connectivity index (χ1) is 21.0. The molecule has 0 saturated carbocycles. The van der Waals surface area contributed by atoms with Crippen LogP contribution in [0.2, 0.25) is 0 Å². The number of hydrogen-bond acceptors (Lipinski definition) is 9. The highest BCUT2D eigenvalue weighted by molar-refractivity contribution is 6.05. The molecule has 0 bridgehead atoms. The highest BCUT2D eigenvalue weighted by Crippen LogP contribution is 2.39. The Kier molecular flexibility index (Phi) is 8.86. The molecular weight excluding hydrogens is 560 g/mol. The Morgan fingerprint density at radius 2 is 1.93 bits per heavy atom. The third kappa shape index (κ3) is 7.00. The van der Waals surface area contributed by atoms with E-state index in [0.717, 1.165) is 16.8 Å². The SMILES string of the molecule is CN(C)c1nnc2ccc(OC3CCC(NC(=O)NC(C=C(N)C(C)(C)C)=Nc4cnn(CCO)c4)c4ccccc43)cn12. The number of rotatable bonds is 8. The number of aliphatic hydroxyl groups excluding tert-OH is 1. The Hall–Kier alpha value is -4.91. The zero-order valence-corrected chi connectivity index (χ0v) is 25.7. The van der Waals surface area contributed by atoms with Crippen LogP contribution in [0.15, 0.2) is 71.8 Å². The maximum Gasteiger partial charge on any atom is 0.320 e. The molecule has 13 heteroatoms. The fourth-order valence-corrected chi connectivity index (χ4v) is 4.97. The summed E-state index contributed by atoms with van der Waals surface area (Å²) in [6, 6.07) is 11.1. The Morgan fingerprint density at radius 1 is 1.16 bits per heavy atom. The lowest BCUT2D eigenvalue weighted by Gasteiger charge is -2.32. The molecule has 0 radical (unpaired) electrons. The smallest absolute Gasteiger partial charge is 0.320 e. The lowest BCUT2D eigenvalue weighted by atomic mass is 9.85. The molecule has 1 aliphatic rings. The van der Waals surface area contributed by atoms with Crippen molar-refractivity contribution >= 4 is 29.1 Å². The van der Waals surface area contributed by atoms with Crippen molar-refractivity contribution in [2.24, 2.45) is 16.1 Å². The van der Waals surface area contributed by atoms with Crippen LogP contribution in [-0.2, 0) is 6.54 Å². The molecule has 2 atom stereocenters. The van der Waals surface area contributed by atoms with Gasteiger partial charge in [0.1, 0.15) is 23.4 Å². The summed E-state index contributed by atoms with van der Waals surface area (Å²) in [6.07, 6.45) is 8.00. The van der Waals surface area contributed by atoms with Gasteiger partial charge in [-0.15, -0.1) is 10.2 Å². The summed E-state index contributed by atoms with van der Waals surface area (Å²) in [4.78, 5) is 19.8. The Balaban J connectivity index is 1.33. The predicted molar refractivity (Wildman–Crippen MR) is 169 cm³/mol. The van der Waals surface area contributed by atoms with Crippen molar-refractivity contribution in [3.8, 4) is 5.75 Å². The molecule has 3 heterocycles.